The molecule has 1 atom stereocenters. The number of pyridine rings is 1. The van der Waals surface area contributed by atoms with E-state index in [-0.39, 0.29) is 36.7 Å². The molecular formula is C33H35N3O7S. The molecule has 10 nitrogen and oxygen atoms in total. The molecule has 1 unspecified atom stereocenters. The van der Waals surface area contributed by atoms with E-state index in [9.17, 15) is 19.7 Å². The average molecular weight is 618 g/mol. The highest BCUT2D eigenvalue weighted by Gasteiger charge is 2.38. The van der Waals surface area contributed by atoms with E-state index in [0.717, 1.165) is 22.4 Å². The van der Waals surface area contributed by atoms with Crippen LogP contribution >= 0.6 is 11.3 Å². The minimum Gasteiger partial charge on any atom is -0.463 e. The van der Waals surface area contributed by atoms with Crippen molar-refractivity contribution in [2.24, 2.45) is 0 Å². The Bertz CT molecular complexity index is 1610. The van der Waals surface area contributed by atoms with Crippen LogP contribution in [0.4, 0.5) is 5.69 Å². The van der Waals surface area contributed by atoms with Gasteiger partial charge in [0.1, 0.15) is 6.61 Å². The van der Waals surface area contributed by atoms with Crippen molar-refractivity contribution in [1.29, 1.82) is 0 Å². The van der Waals surface area contributed by atoms with Gasteiger partial charge in [-0.25, -0.2) is 9.59 Å². The summed E-state index contributed by atoms with van der Waals surface area (Å²) in [5.74, 6) is -2.19. The van der Waals surface area contributed by atoms with Crippen molar-refractivity contribution in [3.05, 3.63) is 120 Å². The second-order valence-corrected chi connectivity index (χ2v) is 11.4. The molecule has 1 aliphatic rings. The smallest absolute Gasteiger partial charge is 0.336 e. The van der Waals surface area contributed by atoms with E-state index in [0.29, 0.717) is 23.6 Å². The predicted octanol–water partition coefficient (Wildman–Crippen LogP) is 6.10. The van der Waals surface area contributed by atoms with Crippen LogP contribution in [0.25, 0.3) is 6.08 Å². The Morgan fingerprint density at radius 2 is 1.80 bits per heavy atom. The van der Waals surface area contributed by atoms with Crippen molar-refractivity contribution in [1.82, 2.24) is 10.3 Å². The number of rotatable bonds is 13. The number of dihydropyridines is 1. The number of non-ortho nitro benzene ring substituents is 1. The molecule has 0 saturated heterocycles. The van der Waals surface area contributed by atoms with Crippen LogP contribution in [0.1, 0.15) is 54.5 Å². The molecule has 3 aromatic rings. The number of carbonyl (C=O) groups excluding carboxylic acids is 2. The summed E-state index contributed by atoms with van der Waals surface area (Å²) in [7, 11) is 0. The Labute approximate surface area is 260 Å². The zero-order valence-corrected chi connectivity index (χ0v) is 25.9. The maximum Gasteiger partial charge on any atom is 0.336 e. The van der Waals surface area contributed by atoms with Crippen LogP contribution in [-0.4, -0.2) is 48.3 Å². The van der Waals surface area contributed by atoms with E-state index >= 15 is 0 Å². The molecule has 11 heteroatoms. The molecule has 0 aliphatic carbocycles. The lowest BCUT2D eigenvalue weighted by atomic mass is 9.80. The minimum absolute atomic E-state index is 0.0176. The van der Waals surface area contributed by atoms with E-state index in [1.54, 1.807) is 44.4 Å². The van der Waals surface area contributed by atoms with Crippen LogP contribution in [0.5, 0.6) is 0 Å². The Balaban J connectivity index is 1.38. The molecular weight excluding hydrogens is 582 g/mol. The first-order chi connectivity index (χ1) is 21.2. The molecule has 1 N–H and O–H groups in total. The van der Waals surface area contributed by atoms with Crippen LogP contribution < -0.4 is 5.32 Å². The minimum atomic E-state index is -0.914. The van der Waals surface area contributed by atoms with E-state index in [1.807, 2.05) is 19.2 Å². The number of nitro groups is 1. The third-order valence-electron chi connectivity index (χ3n) is 6.85. The largest absolute Gasteiger partial charge is 0.463 e. The van der Waals surface area contributed by atoms with Crippen molar-refractivity contribution in [2.45, 2.75) is 40.0 Å². The van der Waals surface area contributed by atoms with Crippen LogP contribution in [-0.2, 0) is 30.2 Å². The Morgan fingerprint density at radius 3 is 2.48 bits per heavy atom. The fraction of sp³-hybridized carbons (Fsp3) is 0.303. The molecule has 0 radical (unpaired) electrons. The molecule has 2 aromatic heterocycles. The molecule has 44 heavy (non-hydrogen) atoms. The maximum atomic E-state index is 13.4. The molecule has 3 heterocycles. The number of benzene rings is 1. The van der Waals surface area contributed by atoms with Crippen molar-refractivity contribution in [2.75, 3.05) is 26.4 Å². The van der Waals surface area contributed by atoms with E-state index in [1.165, 1.54) is 23.1 Å². The van der Waals surface area contributed by atoms with Gasteiger partial charge in [-0.2, -0.15) is 0 Å². The van der Waals surface area contributed by atoms with Crippen LogP contribution in [0.15, 0.2) is 89.0 Å². The number of thiophene rings is 1. The van der Waals surface area contributed by atoms with Crippen molar-refractivity contribution in [3.63, 3.8) is 0 Å². The predicted molar refractivity (Wildman–Crippen MR) is 168 cm³/mol. The van der Waals surface area contributed by atoms with Gasteiger partial charge in [0, 0.05) is 52.1 Å². The first-order valence-electron chi connectivity index (χ1n) is 14.2. The summed E-state index contributed by atoms with van der Waals surface area (Å²) in [6, 6.07) is 14.1. The van der Waals surface area contributed by atoms with Crippen LogP contribution in [0.3, 0.4) is 0 Å². The second-order valence-electron chi connectivity index (χ2n) is 10.2. The number of ether oxygens (including phenoxy) is 3. The summed E-state index contributed by atoms with van der Waals surface area (Å²) in [5, 5.41) is 14.6. The number of nitro benzene ring substituents is 1. The van der Waals surface area contributed by atoms with Gasteiger partial charge in [0.15, 0.2) is 0 Å². The molecule has 0 saturated carbocycles. The van der Waals surface area contributed by atoms with Gasteiger partial charge in [0.05, 0.1) is 41.8 Å². The molecule has 0 spiro atoms. The number of nitrogens with one attached hydrogen (secondary N) is 1. The monoisotopic (exact) mass is 617 g/mol. The first kappa shape index (κ1) is 32.3. The van der Waals surface area contributed by atoms with Gasteiger partial charge < -0.3 is 19.5 Å². The van der Waals surface area contributed by atoms with Gasteiger partial charge in [-0.1, -0.05) is 18.2 Å². The SMILES string of the molecule is CCOC(=O)C1=C(C)NC(C)=C(C(=O)OCCOCC(C)=Cc2ccc(Cc3cccnc3)s2)C1c1cccc([N+](=O)[O-])c1. The summed E-state index contributed by atoms with van der Waals surface area (Å²) in [6.07, 6.45) is 6.53. The van der Waals surface area contributed by atoms with E-state index < -0.39 is 22.8 Å². The summed E-state index contributed by atoms with van der Waals surface area (Å²) in [5.41, 5.74) is 3.78. The molecule has 1 aromatic carbocycles. The van der Waals surface area contributed by atoms with Crippen LogP contribution in [0, 0.1) is 10.1 Å². The second kappa shape index (κ2) is 15.2. The molecule has 0 amide bonds. The standard InChI is InChI=1S/C33H35N3O7S/c1-5-42-32(37)29-22(3)35-23(4)30(31(29)25-9-6-10-26(18-25)36(39)40)33(38)43-15-14-41-20-21(2)16-27-11-12-28(44-27)17-24-8-7-13-34-19-24/h6-13,16,18-19,31,35H,5,14-15,17,20H2,1-4H3. The summed E-state index contributed by atoms with van der Waals surface area (Å²) >= 11 is 1.71. The molecule has 1 aliphatic heterocycles. The number of allylic oxidation sites excluding steroid dienone is 2. The highest BCUT2D eigenvalue weighted by molar-refractivity contribution is 7.12. The highest BCUT2D eigenvalue weighted by atomic mass is 32.1. The van der Waals surface area contributed by atoms with Gasteiger partial charge in [0.25, 0.3) is 5.69 Å². The Kier molecular flexibility index (Phi) is 11.2. The van der Waals surface area contributed by atoms with Crippen molar-refractivity contribution in [3.8, 4) is 0 Å². The zero-order chi connectivity index (χ0) is 31.6. The number of hydrogen-bond acceptors (Lipinski definition) is 10. The third kappa shape index (κ3) is 8.27. The first-order valence-corrected chi connectivity index (χ1v) is 15.0. The fourth-order valence-electron chi connectivity index (χ4n) is 4.95. The zero-order valence-electron chi connectivity index (χ0n) is 25.1. The maximum absolute atomic E-state index is 13.4. The van der Waals surface area contributed by atoms with Gasteiger partial charge in [-0.05, 0) is 68.7 Å². The summed E-state index contributed by atoms with van der Waals surface area (Å²) < 4.78 is 16.6. The number of carbonyl (C=O) groups is 2. The van der Waals surface area contributed by atoms with Gasteiger partial charge in [-0.3, -0.25) is 15.1 Å². The molecule has 0 fully saturated rings. The van der Waals surface area contributed by atoms with E-state index in [2.05, 4.69) is 34.6 Å². The normalized spacial score (nSPS) is 15.2. The number of aromatic nitrogens is 1. The van der Waals surface area contributed by atoms with Crippen molar-refractivity contribution < 1.29 is 28.7 Å². The average Bonchev–Trinajstić information content (AvgIpc) is 3.43. The molecule has 4 rings (SSSR count). The highest BCUT2D eigenvalue weighted by Crippen LogP contribution is 2.40. The summed E-state index contributed by atoms with van der Waals surface area (Å²) in [6.45, 7) is 7.69. The fourth-order valence-corrected chi connectivity index (χ4v) is 6.03. The van der Waals surface area contributed by atoms with Crippen molar-refractivity contribution >= 4 is 35.0 Å². The Morgan fingerprint density at radius 1 is 1.05 bits per heavy atom. The Hall–Kier alpha value is -4.61. The number of esters is 2. The quantitative estimate of drug-likeness (QED) is 0.105. The lowest BCUT2D eigenvalue weighted by Gasteiger charge is -2.30. The van der Waals surface area contributed by atoms with E-state index in [4.69, 9.17) is 14.2 Å². The lowest BCUT2D eigenvalue weighted by molar-refractivity contribution is -0.384. The van der Waals surface area contributed by atoms with Gasteiger partial charge >= 0.3 is 11.9 Å². The summed E-state index contributed by atoms with van der Waals surface area (Å²) in [4.78, 5) is 43.9. The van der Waals surface area contributed by atoms with Crippen LogP contribution in [0.2, 0.25) is 0 Å². The number of nitrogens with zero attached hydrogens (tertiary/aromatic N) is 2. The van der Waals surface area contributed by atoms with Gasteiger partial charge in [-0.15, -0.1) is 11.3 Å². The third-order valence-corrected chi connectivity index (χ3v) is 7.89. The molecule has 230 valence electrons. The molecule has 0 bridgehead atoms. The lowest BCUT2D eigenvalue weighted by Crippen LogP contribution is -2.32. The van der Waals surface area contributed by atoms with Gasteiger partial charge in [0.2, 0.25) is 0 Å². The number of hydrogen-bond donors (Lipinski definition) is 1. The topological polar surface area (TPSA) is 130 Å².